The van der Waals surface area contributed by atoms with Crippen molar-refractivity contribution in [3.05, 3.63) is 28.8 Å². The fourth-order valence-corrected chi connectivity index (χ4v) is 2.45. The van der Waals surface area contributed by atoms with Crippen LogP contribution in [0.5, 0.6) is 5.75 Å². The summed E-state index contributed by atoms with van der Waals surface area (Å²) in [6, 6.07) is 4.12. The highest BCUT2D eigenvalue weighted by Crippen LogP contribution is 2.33. The van der Waals surface area contributed by atoms with E-state index >= 15 is 0 Å². The van der Waals surface area contributed by atoms with E-state index in [1.807, 2.05) is 13.0 Å². The molecule has 1 N–H and O–H groups in total. The molecule has 2 rings (SSSR count). The summed E-state index contributed by atoms with van der Waals surface area (Å²) >= 11 is 0. The van der Waals surface area contributed by atoms with Gasteiger partial charge in [0, 0.05) is 0 Å². The molecule has 1 aromatic carbocycles. The van der Waals surface area contributed by atoms with Gasteiger partial charge in [0.2, 0.25) is 0 Å². The summed E-state index contributed by atoms with van der Waals surface area (Å²) in [4.78, 5) is 0. The van der Waals surface area contributed by atoms with Crippen molar-refractivity contribution in [3.8, 4) is 5.75 Å². The van der Waals surface area contributed by atoms with E-state index in [0.29, 0.717) is 0 Å². The molecule has 0 radical (unpaired) electrons. The second-order valence-corrected chi connectivity index (χ2v) is 4.29. The third kappa shape index (κ3) is 2.00. The first-order valence-corrected chi connectivity index (χ1v) is 5.58. The Morgan fingerprint density at radius 3 is 2.73 bits per heavy atom. The van der Waals surface area contributed by atoms with Gasteiger partial charge < -0.3 is 9.84 Å². The highest BCUT2D eigenvalue weighted by Gasteiger charge is 2.19. The molecular formula is C13H18O2. The van der Waals surface area contributed by atoms with Gasteiger partial charge in [-0.05, 0) is 55.4 Å². The summed E-state index contributed by atoms with van der Waals surface area (Å²) in [5.74, 6) is 1.01. The van der Waals surface area contributed by atoms with Crippen LogP contribution >= 0.6 is 0 Å². The van der Waals surface area contributed by atoms with Crippen LogP contribution in [0, 0.1) is 0 Å². The average Bonchev–Trinajstić information content (AvgIpc) is 2.66. The number of fused-ring (bicyclic) bond motifs is 1. The van der Waals surface area contributed by atoms with Gasteiger partial charge in [0.25, 0.3) is 0 Å². The van der Waals surface area contributed by atoms with E-state index < -0.39 is 0 Å². The van der Waals surface area contributed by atoms with E-state index in [1.54, 1.807) is 7.11 Å². The highest BCUT2D eigenvalue weighted by molar-refractivity contribution is 5.48. The molecule has 0 aliphatic heterocycles. The Hall–Kier alpha value is -1.02. The van der Waals surface area contributed by atoms with E-state index in [-0.39, 0.29) is 6.10 Å². The number of benzene rings is 1. The lowest BCUT2D eigenvalue weighted by molar-refractivity contribution is 0.195. The lowest BCUT2D eigenvalue weighted by Crippen LogP contribution is -2.07. The monoisotopic (exact) mass is 206 g/mol. The van der Waals surface area contributed by atoms with Gasteiger partial charge in [-0.3, -0.25) is 0 Å². The van der Waals surface area contributed by atoms with E-state index in [4.69, 9.17) is 4.74 Å². The first kappa shape index (κ1) is 10.5. The number of ether oxygens (including phenoxy) is 1. The van der Waals surface area contributed by atoms with Gasteiger partial charge >= 0.3 is 0 Å². The normalized spacial score (nSPS) is 16.2. The van der Waals surface area contributed by atoms with Crippen LogP contribution in [0.15, 0.2) is 12.1 Å². The Labute approximate surface area is 90.9 Å². The maximum Gasteiger partial charge on any atom is 0.122 e. The SMILES string of the molecule is COc1ccc(CC(C)O)c2c1CCC2. The molecule has 15 heavy (non-hydrogen) atoms. The summed E-state index contributed by atoms with van der Waals surface area (Å²) < 4.78 is 5.35. The van der Waals surface area contributed by atoms with Crippen molar-refractivity contribution >= 4 is 0 Å². The van der Waals surface area contributed by atoms with Crippen molar-refractivity contribution in [2.45, 2.75) is 38.7 Å². The zero-order valence-corrected chi connectivity index (χ0v) is 9.42. The van der Waals surface area contributed by atoms with Crippen molar-refractivity contribution in [2.24, 2.45) is 0 Å². The van der Waals surface area contributed by atoms with Crippen LogP contribution in [-0.2, 0) is 19.3 Å². The first-order chi connectivity index (χ1) is 7.22. The maximum atomic E-state index is 9.43. The second-order valence-electron chi connectivity index (χ2n) is 4.29. The van der Waals surface area contributed by atoms with Crippen LogP contribution in [0.2, 0.25) is 0 Å². The number of methoxy groups -OCH3 is 1. The van der Waals surface area contributed by atoms with Crippen LogP contribution < -0.4 is 4.74 Å². The fraction of sp³-hybridized carbons (Fsp3) is 0.538. The van der Waals surface area contributed by atoms with Crippen molar-refractivity contribution in [3.63, 3.8) is 0 Å². The van der Waals surface area contributed by atoms with Gasteiger partial charge in [-0.1, -0.05) is 6.07 Å². The Morgan fingerprint density at radius 2 is 2.07 bits per heavy atom. The molecule has 0 saturated carbocycles. The third-order valence-corrected chi connectivity index (χ3v) is 3.07. The molecule has 0 heterocycles. The Bertz CT molecular complexity index is 356. The molecule has 1 unspecified atom stereocenters. The summed E-state index contributed by atoms with van der Waals surface area (Å²) in [7, 11) is 1.72. The van der Waals surface area contributed by atoms with Crippen LogP contribution in [0.25, 0.3) is 0 Å². The minimum atomic E-state index is -0.261. The third-order valence-electron chi connectivity index (χ3n) is 3.07. The van der Waals surface area contributed by atoms with Crippen LogP contribution in [0.4, 0.5) is 0 Å². The molecular weight excluding hydrogens is 188 g/mol. The molecule has 0 saturated heterocycles. The van der Waals surface area contributed by atoms with Crippen LogP contribution in [-0.4, -0.2) is 18.3 Å². The number of aliphatic hydroxyl groups is 1. The van der Waals surface area contributed by atoms with E-state index in [1.165, 1.54) is 23.1 Å². The van der Waals surface area contributed by atoms with Crippen LogP contribution in [0.1, 0.15) is 30.0 Å². The van der Waals surface area contributed by atoms with Crippen molar-refractivity contribution in [1.82, 2.24) is 0 Å². The predicted molar refractivity (Wildman–Crippen MR) is 60.4 cm³/mol. The molecule has 1 aliphatic rings. The van der Waals surface area contributed by atoms with Gasteiger partial charge in [-0.2, -0.15) is 0 Å². The minimum absolute atomic E-state index is 0.261. The Kier molecular flexibility index (Phi) is 2.96. The van der Waals surface area contributed by atoms with Gasteiger partial charge in [-0.15, -0.1) is 0 Å². The number of hydrogen-bond donors (Lipinski definition) is 1. The van der Waals surface area contributed by atoms with Gasteiger partial charge in [0.15, 0.2) is 0 Å². The lowest BCUT2D eigenvalue weighted by atomic mass is 9.98. The number of rotatable bonds is 3. The zero-order valence-electron chi connectivity index (χ0n) is 9.42. The summed E-state index contributed by atoms with van der Waals surface area (Å²) in [6.45, 7) is 1.84. The summed E-state index contributed by atoms with van der Waals surface area (Å²) in [5, 5.41) is 9.43. The molecule has 0 fully saturated rings. The molecule has 1 aromatic rings. The van der Waals surface area contributed by atoms with Gasteiger partial charge in [0.05, 0.1) is 13.2 Å². The number of aliphatic hydroxyl groups excluding tert-OH is 1. The molecule has 0 bridgehead atoms. The quantitative estimate of drug-likeness (QED) is 0.820. The van der Waals surface area contributed by atoms with Crippen LogP contribution in [0.3, 0.4) is 0 Å². The smallest absolute Gasteiger partial charge is 0.122 e. The topological polar surface area (TPSA) is 29.5 Å². The Morgan fingerprint density at radius 1 is 1.33 bits per heavy atom. The zero-order chi connectivity index (χ0) is 10.8. The molecule has 0 aromatic heterocycles. The molecule has 2 heteroatoms. The molecule has 2 nitrogen and oxygen atoms in total. The molecule has 1 atom stereocenters. The maximum absolute atomic E-state index is 9.43. The average molecular weight is 206 g/mol. The largest absolute Gasteiger partial charge is 0.496 e. The van der Waals surface area contributed by atoms with E-state index in [0.717, 1.165) is 25.0 Å². The molecule has 0 amide bonds. The van der Waals surface area contributed by atoms with Crippen molar-refractivity contribution in [2.75, 3.05) is 7.11 Å². The van der Waals surface area contributed by atoms with E-state index in [2.05, 4.69) is 6.07 Å². The molecule has 0 spiro atoms. The van der Waals surface area contributed by atoms with Crippen molar-refractivity contribution < 1.29 is 9.84 Å². The molecule has 82 valence electrons. The van der Waals surface area contributed by atoms with Gasteiger partial charge in [-0.25, -0.2) is 0 Å². The van der Waals surface area contributed by atoms with Crippen molar-refractivity contribution in [1.29, 1.82) is 0 Å². The highest BCUT2D eigenvalue weighted by atomic mass is 16.5. The van der Waals surface area contributed by atoms with E-state index in [9.17, 15) is 5.11 Å². The second kappa shape index (κ2) is 4.23. The predicted octanol–water partition coefficient (Wildman–Crippen LogP) is 2.11. The number of hydrogen-bond acceptors (Lipinski definition) is 2. The summed E-state index contributed by atoms with van der Waals surface area (Å²) in [5.41, 5.74) is 4.06. The Balaban J connectivity index is 2.38. The van der Waals surface area contributed by atoms with Gasteiger partial charge in [0.1, 0.15) is 5.75 Å². The standard InChI is InChI=1S/C13H18O2/c1-9(14)8-10-6-7-13(15-2)12-5-3-4-11(10)12/h6-7,9,14H,3-5,8H2,1-2H3. The summed E-state index contributed by atoms with van der Waals surface area (Å²) in [6.07, 6.45) is 3.96. The minimum Gasteiger partial charge on any atom is -0.496 e. The fourth-order valence-electron chi connectivity index (χ4n) is 2.45. The molecule has 1 aliphatic carbocycles. The lowest BCUT2D eigenvalue weighted by Gasteiger charge is -2.13. The first-order valence-electron chi connectivity index (χ1n) is 5.58.